The molecule has 0 saturated heterocycles. The fourth-order valence-electron chi connectivity index (χ4n) is 2.76. The highest BCUT2D eigenvalue weighted by molar-refractivity contribution is 7.89. The molecule has 0 aliphatic rings. The summed E-state index contributed by atoms with van der Waals surface area (Å²) in [4.78, 5) is 5.79. The highest BCUT2D eigenvalue weighted by atomic mass is 32.2. The summed E-state index contributed by atoms with van der Waals surface area (Å²) in [5, 5.41) is 6.40. The SMILES string of the molecule is CCN(C)S(=O)(=O)c1c(C)nn(Cc2nc(-c3cccs3)oc2C)c1C. The minimum Gasteiger partial charge on any atom is -0.440 e. The third-order valence-electron chi connectivity index (χ3n) is 4.35. The van der Waals surface area contributed by atoms with E-state index >= 15 is 0 Å². The Morgan fingerprint density at radius 1 is 1.31 bits per heavy atom. The van der Waals surface area contributed by atoms with Crippen LogP contribution in [-0.2, 0) is 16.6 Å². The Kier molecular flexibility index (Phi) is 5.05. The number of thiophene rings is 1. The number of aromatic nitrogens is 3. The quantitative estimate of drug-likeness (QED) is 0.641. The standard InChI is InChI=1S/C17H22N4O3S2/c1-6-20(5)26(22,23)16-11(2)19-21(12(16)3)10-14-13(4)24-17(18-14)15-8-7-9-25-15/h7-9H,6,10H2,1-5H3. The molecule has 0 spiro atoms. The Balaban J connectivity index is 1.97. The zero-order valence-corrected chi connectivity index (χ0v) is 17.1. The summed E-state index contributed by atoms with van der Waals surface area (Å²) in [6.45, 7) is 7.90. The van der Waals surface area contributed by atoms with Crippen LogP contribution in [0.25, 0.3) is 10.8 Å². The number of oxazole rings is 1. The number of rotatable bonds is 6. The summed E-state index contributed by atoms with van der Waals surface area (Å²) >= 11 is 1.56. The van der Waals surface area contributed by atoms with Gasteiger partial charge in [-0.25, -0.2) is 17.7 Å². The van der Waals surface area contributed by atoms with Gasteiger partial charge < -0.3 is 4.42 Å². The molecular weight excluding hydrogens is 372 g/mol. The van der Waals surface area contributed by atoms with Gasteiger partial charge >= 0.3 is 0 Å². The van der Waals surface area contributed by atoms with Crippen LogP contribution in [0, 0.1) is 20.8 Å². The van der Waals surface area contributed by atoms with E-state index in [9.17, 15) is 8.42 Å². The Morgan fingerprint density at radius 3 is 2.65 bits per heavy atom. The van der Waals surface area contributed by atoms with Crippen LogP contribution in [0.2, 0.25) is 0 Å². The number of aryl methyl sites for hydroxylation is 2. The lowest BCUT2D eigenvalue weighted by molar-refractivity contribution is 0.485. The summed E-state index contributed by atoms with van der Waals surface area (Å²) in [5.41, 5.74) is 1.83. The summed E-state index contributed by atoms with van der Waals surface area (Å²) in [7, 11) is -1.98. The van der Waals surface area contributed by atoms with Crippen molar-refractivity contribution in [2.75, 3.05) is 13.6 Å². The Hall–Kier alpha value is -1.97. The van der Waals surface area contributed by atoms with Gasteiger partial charge in [0.1, 0.15) is 16.3 Å². The molecule has 0 fully saturated rings. The predicted molar refractivity (Wildman–Crippen MR) is 101 cm³/mol. The van der Waals surface area contributed by atoms with Gasteiger partial charge in [0.25, 0.3) is 0 Å². The van der Waals surface area contributed by atoms with Crippen molar-refractivity contribution in [1.29, 1.82) is 0 Å². The summed E-state index contributed by atoms with van der Waals surface area (Å²) < 4.78 is 34.2. The summed E-state index contributed by atoms with van der Waals surface area (Å²) in [6.07, 6.45) is 0. The molecule has 0 amide bonds. The van der Waals surface area contributed by atoms with Crippen molar-refractivity contribution in [3.8, 4) is 10.8 Å². The molecule has 0 bridgehead atoms. The molecule has 9 heteroatoms. The second-order valence-corrected chi connectivity index (χ2v) is 9.01. The first-order valence-corrected chi connectivity index (χ1v) is 10.6. The molecule has 0 aliphatic carbocycles. The van der Waals surface area contributed by atoms with Crippen LogP contribution in [-0.4, -0.2) is 41.1 Å². The molecule has 26 heavy (non-hydrogen) atoms. The van der Waals surface area contributed by atoms with Crippen LogP contribution < -0.4 is 0 Å². The molecule has 0 radical (unpaired) electrons. The second-order valence-electron chi connectivity index (χ2n) is 6.08. The van der Waals surface area contributed by atoms with Gasteiger partial charge in [-0.3, -0.25) is 4.68 Å². The van der Waals surface area contributed by atoms with Crippen LogP contribution >= 0.6 is 11.3 Å². The van der Waals surface area contributed by atoms with Crippen molar-refractivity contribution in [2.45, 2.75) is 39.1 Å². The van der Waals surface area contributed by atoms with Crippen LogP contribution in [0.5, 0.6) is 0 Å². The van der Waals surface area contributed by atoms with Crippen LogP contribution in [0.1, 0.15) is 29.8 Å². The molecule has 0 aliphatic heterocycles. The van der Waals surface area contributed by atoms with E-state index in [0.717, 1.165) is 10.6 Å². The topological polar surface area (TPSA) is 81.2 Å². The van der Waals surface area contributed by atoms with E-state index in [-0.39, 0.29) is 4.90 Å². The van der Waals surface area contributed by atoms with E-state index in [1.165, 1.54) is 4.31 Å². The van der Waals surface area contributed by atoms with E-state index in [0.29, 0.717) is 36.1 Å². The highest BCUT2D eigenvalue weighted by Crippen LogP contribution is 2.27. The van der Waals surface area contributed by atoms with E-state index in [2.05, 4.69) is 10.1 Å². The average Bonchev–Trinajstić information content (AvgIpc) is 3.28. The van der Waals surface area contributed by atoms with Crippen LogP contribution in [0.4, 0.5) is 0 Å². The fourth-order valence-corrected chi connectivity index (χ4v) is 4.95. The third kappa shape index (κ3) is 3.22. The van der Waals surface area contributed by atoms with Gasteiger partial charge in [-0.2, -0.15) is 5.10 Å². The van der Waals surface area contributed by atoms with Gasteiger partial charge in [-0.05, 0) is 32.2 Å². The van der Waals surface area contributed by atoms with Crippen molar-refractivity contribution in [1.82, 2.24) is 19.1 Å². The lowest BCUT2D eigenvalue weighted by Crippen LogP contribution is -2.27. The molecule has 0 unspecified atom stereocenters. The second kappa shape index (κ2) is 6.98. The lowest BCUT2D eigenvalue weighted by Gasteiger charge is -2.15. The Bertz CT molecular complexity index is 1020. The number of sulfonamides is 1. The monoisotopic (exact) mass is 394 g/mol. The first-order chi connectivity index (χ1) is 12.3. The van der Waals surface area contributed by atoms with Crippen LogP contribution in [0.3, 0.4) is 0 Å². The van der Waals surface area contributed by atoms with E-state index in [1.807, 2.05) is 24.4 Å². The normalized spacial score (nSPS) is 12.2. The van der Waals surface area contributed by atoms with Crippen molar-refractivity contribution in [2.24, 2.45) is 0 Å². The van der Waals surface area contributed by atoms with Gasteiger partial charge in [0.15, 0.2) is 0 Å². The number of nitrogens with zero attached hydrogens (tertiary/aromatic N) is 4. The molecule has 7 nitrogen and oxygen atoms in total. The maximum Gasteiger partial charge on any atom is 0.246 e. The zero-order valence-electron chi connectivity index (χ0n) is 15.5. The summed E-state index contributed by atoms with van der Waals surface area (Å²) in [5.74, 6) is 1.28. The van der Waals surface area contributed by atoms with E-state index < -0.39 is 10.0 Å². The molecule has 3 aromatic rings. The zero-order chi connectivity index (χ0) is 19.1. The van der Waals surface area contributed by atoms with E-state index in [1.54, 1.807) is 43.8 Å². The molecule has 0 atom stereocenters. The van der Waals surface area contributed by atoms with Crippen molar-refractivity contribution in [3.05, 3.63) is 40.4 Å². The van der Waals surface area contributed by atoms with Gasteiger partial charge in [0, 0.05) is 13.6 Å². The molecule has 0 saturated carbocycles. The molecular formula is C17H22N4O3S2. The molecule has 3 rings (SSSR count). The Morgan fingerprint density at radius 2 is 2.04 bits per heavy atom. The van der Waals surface area contributed by atoms with Gasteiger partial charge in [-0.1, -0.05) is 13.0 Å². The largest absolute Gasteiger partial charge is 0.440 e. The number of hydrogen-bond donors (Lipinski definition) is 0. The van der Waals surface area contributed by atoms with Gasteiger partial charge in [0.05, 0.1) is 22.8 Å². The third-order valence-corrected chi connectivity index (χ3v) is 7.40. The van der Waals surface area contributed by atoms with E-state index in [4.69, 9.17) is 4.42 Å². The number of hydrogen-bond acceptors (Lipinski definition) is 6. The smallest absolute Gasteiger partial charge is 0.246 e. The first-order valence-electron chi connectivity index (χ1n) is 8.26. The van der Waals surface area contributed by atoms with Gasteiger partial charge in [-0.15, -0.1) is 11.3 Å². The first kappa shape index (κ1) is 18.8. The lowest BCUT2D eigenvalue weighted by atomic mass is 10.3. The van der Waals surface area contributed by atoms with Gasteiger partial charge in [0.2, 0.25) is 15.9 Å². The molecule has 0 N–H and O–H groups in total. The van der Waals surface area contributed by atoms with Crippen molar-refractivity contribution >= 4 is 21.4 Å². The molecule has 0 aromatic carbocycles. The molecule has 3 aromatic heterocycles. The highest BCUT2D eigenvalue weighted by Gasteiger charge is 2.28. The van der Waals surface area contributed by atoms with Crippen molar-refractivity contribution < 1.29 is 12.8 Å². The van der Waals surface area contributed by atoms with Crippen LogP contribution in [0.15, 0.2) is 26.8 Å². The maximum atomic E-state index is 12.7. The Labute approximate surface area is 157 Å². The molecule has 3 heterocycles. The fraction of sp³-hybridized carbons (Fsp3) is 0.412. The molecule has 140 valence electrons. The summed E-state index contributed by atoms with van der Waals surface area (Å²) in [6, 6.07) is 3.90. The maximum absolute atomic E-state index is 12.7. The minimum absolute atomic E-state index is 0.265. The van der Waals surface area contributed by atoms with Crippen molar-refractivity contribution in [3.63, 3.8) is 0 Å². The average molecular weight is 395 g/mol. The predicted octanol–water partition coefficient (Wildman–Crippen LogP) is 3.21. The minimum atomic E-state index is -3.55.